The van der Waals surface area contributed by atoms with Crippen molar-refractivity contribution in [2.24, 2.45) is 0 Å². The van der Waals surface area contributed by atoms with E-state index in [1.807, 2.05) is 0 Å². The van der Waals surface area contributed by atoms with Gasteiger partial charge in [-0.3, -0.25) is 0 Å². The standard InChI is InChI=1S/C7H7ClFN/c1-10-7-3-2-5(9)4-6(7)8/h2-4,10H,1H3/i1D3. The van der Waals surface area contributed by atoms with Crippen LogP contribution in [0.1, 0.15) is 4.11 Å². The van der Waals surface area contributed by atoms with E-state index in [1.54, 1.807) is 0 Å². The maximum atomic E-state index is 12.5. The van der Waals surface area contributed by atoms with E-state index in [2.05, 4.69) is 5.32 Å². The fourth-order valence-corrected chi connectivity index (χ4v) is 0.805. The minimum absolute atomic E-state index is 0.0520. The summed E-state index contributed by atoms with van der Waals surface area (Å²) in [6.45, 7) is -2.32. The van der Waals surface area contributed by atoms with E-state index in [9.17, 15) is 4.39 Å². The lowest BCUT2D eigenvalue weighted by Gasteiger charge is -2.00. The molecule has 1 N–H and O–H groups in total. The summed E-state index contributed by atoms with van der Waals surface area (Å²) in [6.07, 6.45) is 0. The molecule has 0 aliphatic heterocycles. The Balaban J connectivity index is 2.90. The van der Waals surface area contributed by atoms with Crippen molar-refractivity contribution in [3.63, 3.8) is 0 Å². The number of benzene rings is 1. The Bertz CT molecular complexity index is 313. The molecule has 1 rings (SSSR count). The molecule has 0 aliphatic carbocycles. The van der Waals surface area contributed by atoms with Crippen LogP contribution in [0.3, 0.4) is 0 Å². The normalized spacial score (nSPS) is 15.2. The summed E-state index contributed by atoms with van der Waals surface area (Å²) in [4.78, 5) is 0. The van der Waals surface area contributed by atoms with Crippen LogP contribution < -0.4 is 5.32 Å². The summed E-state index contributed by atoms with van der Waals surface area (Å²) in [5, 5.41) is 2.23. The molecule has 0 unspecified atom stereocenters. The molecule has 0 saturated carbocycles. The van der Waals surface area contributed by atoms with Crippen molar-refractivity contribution in [2.75, 3.05) is 12.3 Å². The number of anilines is 1. The van der Waals surface area contributed by atoms with Crippen LogP contribution in [-0.4, -0.2) is 6.98 Å². The second-order valence-electron chi connectivity index (χ2n) is 1.75. The summed E-state index contributed by atoms with van der Waals surface area (Å²) in [6, 6.07) is 3.47. The maximum Gasteiger partial charge on any atom is 0.124 e. The lowest BCUT2D eigenvalue weighted by atomic mass is 10.3. The highest BCUT2D eigenvalue weighted by Gasteiger charge is 1.97. The molecular weight excluding hydrogens is 153 g/mol. The van der Waals surface area contributed by atoms with Crippen LogP contribution in [0.4, 0.5) is 10.1 Å². The molecule has 0 fully saturated rings. The number of halogens is 2. The zero-order chi connectivity index (χ0) is 10.1. The zero-order valence-electron chi connectivity index (χ0n) is 7.99. The van der Waals surface area contributed by atoms with E-state index in [1.165, 1.54) is 6.07 Å². The fourth-order valence-electron chi connectivity index (χ4n) is 0.591. The number of hydrogen-bond acceptors (Lipinski definition) is 1. The van der Waals surface area contributed by atoms with Gasteiger partial charge in [-0.2, -0.15) is 0 Å². The van der Waals surface area contributed by atoms with Crippen molar-refractivity contribution in [1.29, 1.82) is 0 Å². The molecule has 0 bridgehead atoms. The Morgan fingerprint density at radius 2 is 2.50 bits per heavy atom. The summed E-state index contributed by atoms with van der Waals surface area (Å²) >= 11 is 5.58. The molecule has 0 aliphatic rings. The highest BCUT2D eigenvalue weighted by atomic mass is 35.5. The molecule has 3 heteroatoms. The third kappa shape index (κ3) is 1.39. The number of rotatable bonds is 1. The van der Waals surface area contributed by atoms with Gasteiger partial charge in [0.1, 0.15) is 5.82 Å². The molecule has 0 atom stereocenters. The van der Waals surface area contributed by atoms with E-state index in [0.717, 1.165) is 12.1 Å². The first kappa shape index (κ1) is 4.19. The van der Waals surface area contributed by atoms with Crippen molar-refractivity contribution >= 4 is 17.3 Å². The Kier molecular flexibility index (Phi) is 1.21. The van der Waals surface area contributed by atoms with Crippen molar-refractivity contribution < 1.29 is 8.50 Å². The highest BCUT2D eigenvalue weighted by molar-refractivity contribution is 6.33. The van der Waals surface area contributed by atoms with Gasteiger partial charge in [-0.05, 0) is 18.2 Å². The first-order valence-corrected chi connectivity index (χ1v) is 2.99. The lowest BCUT2D eigenvalue weighted by Crippen LogP contribution is -1.88. The van der Waals surface area contributed by atoms with Gasteiger partial charge in [0.15, 0.2) is 0 Å². The number of nitrogens with one attached hydrogen (secondary N) is 1. The number of hydrogen-bond donors (Lipinski definition) is 1. The minimum Gasteiger partial charge on any atom is -0.387 e. The van der Waals surface area contributed by atoms with Crippen LogP contribution in [0.15, 0.2) is 18.2 Å². The van der Waals surface area contributed by atoms with Crippen LogP contribution in [0.5, 0.6) is 0 Å². The van der Waals surface area contributed by atoms with Gasteiger partial charge < -0.3 is 5.32 Å². The van der Waals surface area contributed by atoms with Crippen LogP contribution in [0.2, 0.25) is 5.02 Å². The first-order valence-electron chi connectivity index (χ1n) is 4.12. The average Bonchev–Trinajstić information content (AvgIpc) is 1.93. The molecule has 1 nitrogen and oxygen atoms in total. The van der Waals surface area contributed by atoms with E-state index in [-0.39, 0.29) is 10.7 Å². The summed E-state index contributed by atoms with van der Waals surface area (Å²) < 4.78 is 33.2. The van der Waals surface area contributed by atoms with Crippen LogP contribution in [-0.2, 0) is 0 Å². The van der Waals surface area contributed by atoms with Gasteiger partial charge in [-0.1, -0.05) is 11.6 Å². The second-order valence-corrected chi connectivity index (χ2v) is 2.16. The van der Waals surface area contributed by atoms with Crippen molar-refractivity contribution in [2.45, 2.75) is 0 Å². The topological polar surface area (TPSA) is 12.0 Å². The van der Waals surface area contributed by atoms with Crippen molar-refractivity contribution in [3.8, 4) is 0 Å². The minimum atomic E-state index is -2.32. The first-order chi connectivity index (χ1) is 5.88. The lowest BCUT2D eigenvalue weighted by molar-refractivity contribution is 0.628. The molecule has 1 aromatic rings. The second kappa shape index (κ2) is 2.88. The molecule has 0 heterocycles. The molecule has 54 valence electrons. The molecule has 10 heavy (non-hydrogen) atoms. The van der Waals surface area contributed by atoms with E-state index in [4.69, 9.17) is 15.7 Å². The van der Waals surface area contributed by atoms with Gasteiger partial charge >= 0.3 is 0 Å². The van der Waals surface area contributed by atoms with Crippen molar-refractivity contribution in [1.82, 2.24) is 0 Å². The Morgan fingerprint density at radius 1 is 1.70 bits per heavy atom. The Labute approximate surface area is 68.0 Å². The summed E-state index contributed by atoms with van der Waals surface area (Å²) in [5.74, 6) is -0.499. The van der Waals surface area contributed by atoms with Crippen LogP contribution >= 0.6 is 11.6 Å². The quantitative estimate of drug-likeness (QED) is 0.669. The predicted molar refractivity (Wildman–Crippen MR) is 41.0 cm³/mol. The Morgan fingerprint density at radius 3 is 3.10 bits per heavy atom. The van der Waals surface area contributed by atoms with E-state index < -0.39 is 12.8 Å². The van der Waals surface area contributed by atoms with Crippen LogP contribution in [0, 0.1) is 5.82 Å². The molecular formula is C7H7ClFN. The molecule has 0 spiro atoms. The largest absolute Gasteiger partial charge is 0.387 e. The monoisotopic (exact) mass is 162 g/mol. The van der Waals surface area contributed by atoms with Crippen LogP contribution in [0.25, 0.3) is 0 Å². The highest BCUT2D eigenvalue weighted by Crippen LogP contribution is 2.21. The van der Waals surface area contributed by atoms with E-state index in [0.29, 0.717) is 0 Å². The van der Waals surface area contributed by atoms with Crippen molar-refractivity contribution in [3.05, 3.63) is 29.0 Å². The third-order valence-electron chi connectivity index (χ3n) is 1.07. The van der Waals surface area contributed by atoms with E-state index >= 15 is 0 Å². The van der Waals surface area contributed by atoms with Gasteiger partial charge in [0.05, 0.1) is 10.7 Å². The van der Waals surface area contributed by atoms with Gasteiger partial charge in [-0.15, -0.1) is 0 Å². The molecule has 1 aromatic carbocycles. The summed E-state index contributed by atoms with van der Waals surface area (Å²) in [5.41, 5.74) is 0.197. The smallest absolute Gasteiger partial charge is 0.124 e. The fraction of sp³-hybridized carbons (Fsp3) is 0.143. The maximum absolute atomic E-state index is 12.5. The average molecular weight is 163 g/mol. The molecule has 0 radical (unpaired) electrons. The SMILES string of the molecule is [2H]C([2H])([2H])Nc1ccc(F)cc1Cl. The molecule has 0 amide bonds. The molecule has 0 saturated heterocycles. The van der Waals surface area contributed by atoms with Gasteiger partial charge in [-0.25, -0.2) is 4.39 Å². The predicted octanol–water partition coefficient (Wildman–Crippen LogP) is 2.52. The van der Waals surface area contributed by atoms with Gasteiger partial charge in [0, 0.05) is 11.1 Å². The Hall–Kier alpha value is -0.760. The molecule has 0 aromatic heterocycles. The zero-order valence-corrected chi connectivity index (χ0v) is 5.74. The van der Waals surface area contributed by atoms with Gasteiger partial charge in [0.25, 0.3) is 0 Å². The third-order valence-corrected chi connectivity index (χ3v) is 1.38. The summed E-state index contributed by atoms with van der Waals surface area (Å²) in [7, 11) is 0. The van der Waals surface area contributed by atoms with Gasteiger partial charge in [0.2, 0.25) is 0 Å².